The van der Waals surface area contributed by atoms with E-state index in [-0.39, 0.29) is 5.91 Å². The van der Waals surface area contributed by atoms with Crippen LogP contribution in [0, 0.1) is 23.2 Å². The summed E-state index contributed by atoms with van der Waals surface area (Å²) in [5.41, 5.74) is 1.39. The minimum atomic E-state index is 0.231. The molecule has 5 heteroatoms. The monoisotopic (exact) mass is 369 g/mol. The first-order valence-electron chi connectivity index (χ1n) is 10.7. The first-order chi connectivity index (χ1) is 13.2. The largest absolute Gasteiger partial charge is 0.378 e. The lowest BCUT2D eigenvalue weighted by atomic mass is 9.49. The maximum absolute atomic E-state index is 12.7. The number of hydrogen-bond donors (Lipinski definition) is 1. The van der Waals surface area contributed by atoms with Crippen LogP contribution in [-0.4, -0.2) is 37.2 Å². The normalized spacial score (nSPS) is 34.7. The van der Waals surface area contributed by atoms with Crippen LogP contribution in [0.25, 0.3) is 0 Å². The lowest BCUT2D eigenvalue weighted by molar-refractivity contribution is -0.129. The molecule has 27 heavy (non-hydrogen) atoms. The summed E-state index contributed by atoms with van der Waals surface area (Å²) in [6, 6.07) is 4.15. The van der Waals surface area contributed by atoms with Crippen molar-refractivity contribution >= 4 is 11.7 Å². The minimum Gasteiger partial charge on any atom is -0.378 e. The molecular formula is C22H31N3O2. The molecule has 6 rings (SSSR count). The molecule has 1 saturated heterocycles. The Hall–Kier alpha value is -1.62. The van der Waals surface area contributed by atoms with Crippen molar-refractivity contribution in [3.05, 3.63) is 23.9 Å². The summed E-state index contributed by atoms with van der Waals surface area (Å²) in [7, 11) is 0. The van der Waals surface area contributed by atoms with E-state index in [9.17, 15) is 4.79 Å². The average molecular weight is 370 g/mol. The van der Waals surface area contributed by atoms with Crippen molar-refractivity contribution in [3.63, 3.8) is 0 Å². The summed E-state index contributed by atoms with van der Waals surface area (Å²) in [5.74, 6) is 3.94. The Balaban J connectivity index is 1.14. The number of anilines is 1. The van der Waals surface area contributed by atoms with Gasteiger partial charge in [0.15, 0.2) is 0 Å². The zero-order valence-electron chi connectivity index (χ0n) is 16.2. The van der Waals surface area contributed by atoms with Gasteiger partial charge in [0.1, 0.15) is 5.82 Å². The van der Waals surface area contributed by atoms with Gasteiger partial charge in [0, 0.05) is 32.3 Å². The second kappa shape index (κ2) is 7.08. The molecule has 0 spiro atoms. The van der Waals surface area contributed by atoms with Crippen LogP contribution in [0.5, 0.6) is 0 Å². The van der Waals surface area contributed by atoms with Crippen LogP contribution >= 0.6 is 0 Å². The van der Waals surface area contributed by atoms with Gasteiger partial charge >= 0.3 is 0 Å². The molecule has 5 aliphatic rings. The predicted molar refractivity (Wildman–Crippen MR) is 104 cm³/mol. The molecule has 1 aliphatic heterocycles. The quantitative estimate of drug-likeness (QED) is 0.866. The van der Waals surface area contributed by atoms with Crippen molar-refractivity contribution in [2.24, 2.45) is 23.2 Å². The Kier molecular flexibility index (Phi) is 4.58. The molecule has 5 fully saturated rings. The average Bonchev–Trinajstić information content (AvgIpc) is 2.66. The van der Waals surface area contributed by atoms with E-state index in [1.807, 2.05) is 6.20 Å². The first-order valence-corrected chi connectivity index (χ1v) is 10.7. The summed E-state index contributed by atoms with van der Waals surface area (Å²) in [6.45, 7) is 3.91. The summed E-state index contributed by atoms with van der Waals surface area (Å²) in [4.78, 5) is 19.5. The standard InChI is InChI=1S/C22H31N3O2/c26-21(13-22-10-17-7-18(11-22)9-19(8-17)12-22)24-15-16-1-2-20(23-14-16)25-3-5-27-6-4-25/h1-2,14,17-19H,3-13,15H2,(H,24,26). The number of amides is 1. The topological polar surface area (TPSA) is 54.5 Å². The SMILES string of the molecule is O=C(CC12CC3CC(CC(C3)C1)C2)NCc1ccc(N2CCOCC2)nc1. The molecule has 1 aromatic rings. The highest BCUT2D eigenvalue weighted by Gasteiger charge is 2.51. The van der Waals surface area contributed by atoms with E-state index in [0.29, 0.717) is 12.0 Å². The van der Waals surface area contributed by atoms with Crippen molar-refractivity contribution in [1.29, 1.82) is 0 Å². The van der Waals surface area contributed by atoms with Crippen molar-refractivity contribution in [3.8, 4) is 0 Å². The fourth-order valence-corrected chi connectivity index (χ4v) is 6.61. The van der Waals surface area contributed by atoms with Crippen LogP contribution in [0.15, 0.2) is 18.3 Å². The lowest BCUT2D eigenvalue weighted by Gasteiger charge is -2.56. The maximum atomic E-state index is 12.7. The molecule has 0 atom stereocenters. The third kappa shape index (κ3) is 3.71. The molecule has 0 aromatic carbocycles. The number of ether oxygens (including phenoxy) is 1. The van der Waals surface area contributed by atoms with Crippen LogP contribution < -0.4 is 10.2 Å². The van der Waals surface area contributed by atoms with E-state index in [2.05, 4.69) is 27.3 Å². The number of carbonyl (C=O) groups excluding carboxylic acids is 1. The Morgan fingerprint density at radius 3 is 2.37 bits per heavy atom. The van der Waals surface area contributed by atoms with E-state index in [1.165, 1.54) is 38.5 Å². The molecule has 1 amide bonds. The van der Waals surface area contributed by atoms with E-state index >= 15 is 0 Å². The number of hydrogen-bond acceptors (Lipinski definition) is 4. The Bertz CT molecular complexity index is 646. The molecular weight excluding hydrogens is 338 g/mol. The first kappa shape index (κ1) is 17.5. The number of pyridine rings is 1. The van der Waals surface area contributed by atoms with Gasteiger partial charge in [-0.1, -0.05) is 6.07 Å². The van der Waals surface area contributed by atoms with Crippen molar-refractivity contribution in [1.82, 2.24) is 10.3 Å². The van der Waals surface area contributed by atoms with Crippen molar-refractivity contribution in [2.45, 2.75) is 51.5 Å². The number of morpholine rings is 1. The number of carbonyl (C=O) groups is 1. The molecule has 0 radical (unpaired) electrons. The molecule has 4 bridgehead atoms. The van der Waals surface area contributed by atoms with Crippen LogP contribution in [0.1, 0.15) is 50.5 Å². The number of nitrogens with zero attached hydrogens (tertiary/aromatic N) is 2. The molecule has 1 N–H and O–H groups in total. The number of nitrogens with one attached hydrogen (secondary N) is 1. The van der Waals surface area contributed by atoms with Gasteiger partial charge in [-0.3, -0.25) is 4.79 Å². The molecule has 4 aliphatic carbocycles. The highest BCUT2D eigenvalue weighted by Crippen LogP contribution is 2.61. The summed E-state index contributed by atoms with van der Waals surface area (Å²) >= 11 is 0. The molecule has 1 aromatic heterocycles. The lowest BCUT2D eigenvalue weighted by Crippen LogP contribution is -2.47. The molecule has 2 heterocycles. The predicted octanol–water partition coefficient (Wildman–Crippen LogP) is 3.14. The highest BCUT2D eigenvalue weighted by molar-refractivity contribution is 5.76. The third-order valence-electron chi connectivity index (χ3n) is 7.33. The van der Waals surface area contributed by atoms with Crippen LogP contribution in [0.4, 0.5) is 5.82 Å². The van der Waals surface area contributed by atoms with Gasteiger partial charge in [-0.05, 0) is 73.3 Å². The highest BCUT2D eigenvalue weighted by atomic mass is 16.5. The molecule has 0 unspecified atom stereocenters. The van der Waals surface area contributed by atoms with E-state index in [0.717, 1.165) is 61.9 Å². The minimum absolute atomic E-state index is 0.231. The summed E-state index contributed by atoms with van der Waals surface area (Å²) < 4.78 is 5.39. The molecule has 5 nitrogen and oxygen atoms in total. The Labute approximate surface area is 161 Å². The zero-order valence-corrected chi connectivity index (χ0v) is 16.2. The fourth-order valence-electron chi connectivity index (χ4n) is 6.61. The van der Waals surface area contributed by atoms with Gasteiger partial charge in [-0.25, -0.2) is 4.98 Å². The summed E-state index contributed by atoms with van der Waals surface area (Å²) in [5, 5.41) is 3.16. The van der Waals surface area contributed by atoms with Gasteiger partial charge in [0.05, 0.1) is 13.2 Å². The van der Waals surface area contributed by atoms with Crippen LogP contribution in [0.3, 0.4) is 0 Å². The Morgan fingerprint density at radius 2 is 1.78 bits per heavy atom. The van der Waals surface area contributed by atoms with Crippen LogP contribution in [0.2, 0.25) is 0 Å². The van der Waals surface area contributed by atoms with Crippen LogP contribution in [-0.2, 0) is 16.1 Å². The molecule has 146 valence electrons. The second-order valence-electron chi connectivity index (χ2n) is 9.50. The fraction of sp³-hybridized carbons (Fsp3) is 0.727. The second-order valence-corrected chi connectivity index (χ2v) is 9.50. The molecule has 4 saturated carbocycles. The van der Waals surface area contributed by atoms with Gasteiger partial charge in [0.25, 0.3) is 0 Å². The van der Waals surface area contributed by atoms with Crippen molar-refractivity contribution in [2.75, 3.05) is 31.2 Å². The van der Waals surface area contributed by atoms with Gasteiger partial charge < -0.3 is 15.0 Å². The van der Waals surface area contributed by atoms with E-state index in [4.69, 9.17) is 4.74 Å². The van der Waals surface area contributed by atoms with Gasteiger partial charge in [-0.2, -0.15) is 0 Å². The van der Waals surface area contributed by atoms with Crippen molar-refractivity contribution < 1.29 is 9.53 Å². The van der Waals surface area contributed by atoms with E-state index < -0.39 is 0 Å². The maximum Gasteiger partial charge on any atom is 0.220 e. The third-order valence-corrected chi connectivity index (χ3v) is 7.33. The number of aromatic nitrogens is 1. The number of rotatable bonds is 5. The van der Waals surface area contributed by atoms with Gasteiger partial charge in [-0.15, -0.1) is 0 Å². The van der Waals surface area contributed by atoms with E-state index in [1.54, 1.807) is 0 Å². The zero-order chi connectivity index (χ0) is 18.3. The summed E-state index contributed by atoms with van der Waals surface area (Å²) in [6.07, 6.45) is 10.8. The van der Waals surface area contributed by atoms with Gasteiger partial charge in [0.2, 0.25) is 5.91 Å². The Morgan fingerprint density at radius 1 is 1.11 bits per heavy atom. The smallest absolute Gasteiger partial charge is 0.220 e.